The Bertz CT molecular complexity index is 2480. The molecule has 0 radical (unpaired) electrons. The molecule has 46 heavy (non-hydrogen) atoms. The molecule has 0 fully saturated rings. The van der Waals surface area contributed by atoms with Crippen molar-refractivity contribution in [1.29, 1.82) is 0 Å². The highest BCUT2D eigenvalue weighted by molar-refractivity contribution is 6.19. The molecule has 2 aromatic heterocycles. The standard InChI is InChI=1S/C43H32N3/c1-46(31-16-7-3-8-17-31,32-18-9-4-10-19-32)42-26-30(29-14-5-2-6-15-29)24-25-34(42)35-21-13-22-36-38-28-40-37(27-41(38)45-43(35)36)33-20-11-12-23-39(33)44-40/h2-28,44-45H,1H3/q+1. The van der Waals surface area contributed by atoms with Crippen molar-refractivity contribution in [2.75, 3.05) is 7.05 Å². The summed E-state index contributed by atoms with van der Waals surface area (Å²) in [5.41, 5.74) is 13.0. The van der Waals surface area contributed by atoms with Gasteiger partial charge < -0.3 is 9.97 Å². The summed E-state index contributed by atoms with van der Waals surface area (Å²) in [5, 5.41) is 4.93. The Hall–Kier alpha value is -5.90. The van der Waals surface area contributed by atoms with E-state index >= 15 is 0 Å². The highest BCUT2D eigenvalue weighted by atomic mass is 15.3. The minimum atomic E-state index is 0.517. The number of H-pyrrole nitrogens is 2. The Labute approximate surface area is 267 Å². The Morgan fingerprint density at radius 3 is 1.70 bits per heavy atom. The smallest absolute Gasteiger partial charge is 0.151 e. The average molecular weight is 591 g/mol. The van der Waals surface area contributed by atoms with Gasteiger partial charge in [0.15, 0.2) is 5.69 Å². The Kier molecular flexibility index (Phi) is 5.95. The van der Waals surface area contributed by atoms with E-state index in [-0.39, 0.29) is 0 Å². The van der Waals surface area contributed by atoms with E-state index in [0.29, 0.717) is 4.48 Å². The zero-order chi connectivity index (χ0) is 30.7. The molecule has 3 heteroatoms. The summed E-state index contributed by atoms with van der Waals surface area (Å²) in [6.45, 7) is 0. The van der Waals surface area contributed by atoms with Crippen molar-refractivity contribution < 1.29 is 0 Å². The SMILES string of the molecule is C[N+](c1ccccc1)(c1ccccc1)c1cc(-c2ccccc2)ccc1-c1cccc2c1[nH]c1cc3c(cc12)[nH]c1ccccc13. The molecule has 9 aromatic rings. The molecule has 7 aromatic carbocycles. The summed E-state index contributed by atoms with van der Waals surface area (Å²) < 4.78 is 0.517. The molecule has 0 aliphatic rings. The van der Waals surface area contributed by atoms with Gasteiger partial charge in [-0.15, -0.1) is 0 Å². The van der Waals surface area contributed by atoms with Gasteiger partial charge in [0.1, 0.15) is 11.4 Å². The zero-order valence-electron chi connectivity index (χ0n) is 25.5. The summed E-state index contributed by atoms with van der Waals surface area (Å²) in [4.78, 5) is 7.52. The van der Waals surface area contributed by atoms with E-state index in [4.69, 9.17) is 0 Å². The highest BCUT2D eigenvalue weighted by Gasteiger charge is 2.35. The predicted molar refractivity (Wildman–Crippen MR) is 196 cm³/mol. The monoisotopic (exact) mass is 590 g/mol. The number of rotatable bonds is 5. The van der Waals surface area contributed by atoms with Crippen LogP contribution >= 0.6 is 0 Å². The molecule has 0 aliphatic carbocycles. The maximum atomic E-state index is 3.88. The minimum absolute atomic E-state index is 0.517. The van der Waals surface area contributed by atoms with Crippen LogP contribution in [0.3, 0.4) is 0 Å². The van der Waals surface area contributed by atoms with Crippen LogP contribution < -0.4 is 4.48 Å². The molecule has 0 aliphatic heterocycles. The van der Waals surface area contributed by atoms with Crippen LogP contribution in [0.1, 0.15) is 0 Å². The van der Waals surface area contributed by atoms with Gasteiger partial charge in [-0.2, -0.15) is 0 Å². The highest BCUT2D eigenvalue weighted by Crippen LogP contribution is 2.49. The first-order valence-electron chi connectivity index (χ1n) is 15.8. The largest absolute Gasteiger partial charge is 0.354 e. The molecular formula is C43H32N3+. The maximum Gasteiger partial charge on any atom is 0.151 e. The lowest BCUT2D eigenvalue weighted by molar-refractivity contribution is 0.629. The number of nitrogens with zero attached hydrogens (tertiary/aromatic N) is 1. The van der Waals surface area contributed by atoms with E-state index < -0.39 is 0 Å². The third-order valence-corrected chi connectivity index (χ3v) is 9.68. The van der Waals surface area contributed by atoms with E-state index in [0.717, 1.165) is 22.1 Å². The first-order chi connectivity index (χ1) is 22.7. The Morgan fingerprint density at radius 2 is 0.978 bits per heavy atom. The van der Waals surface area contributed by atoms with E-state index in [9.17, 15) is 0 Å². The molecule has 0 saturated heterocycles. The molecule has 0 saturated carbocycles. The van der Waals surface area contributed by atoms with Crippen molar-refractivity contribution in [2.45, 2.75) is 0 Å². The quantitative estimate of drug-likeness (QED) is 0.187. The van der Waals surface area contributed by atoms with Crippen molar-refractivity contribution in [3.8, 4) is 22.3 Å². The number of hydrogen-bond acceptors (Lipinski definition) is 0. The lowest BCUT2D eigenvalue weighted by Gasteiger charge is -2.35. The number of para-hydroxylation sites is 4. The Balaban J connectivity index is 1.34. The van der Waals surface area contributed by atoms with Crippen LogP contribution in [0.5, 0.6) is 0 Å². The molecule has 218 valence electrons. The molecule has 0 spiro atoms. The number of aromatic amines is 2. The lowest BCUT2D eigenvalue weighted by atomic mass is 9.94. The minimum Gasteiger partial charge on any atom is -0.354 e. The first-order valence-corrected chi connectivity index (χ1v) is 15.8. The molecule has 3 nitrogen and oxygen atoms in total. The van der Waals surface area contributed by atoms with Crippen LogP contribution in [0.2, 0.25) is 0 Å². The van der Waals surface area contributed by atoms with E-state index in [2.05, 4.69) is 181 Å². The summed E-state index contributed by atoms with van der Waals surface area (Å²) in [5.74, 6) is 0. The van der Waals surface area contributed by atoms with Gasteiger partial charge in [-0.1, -0.05) is 109 Å². The second-order valence-corrected chi connectivity index (χ2v) is 12.2. The summed E-state index contributed by atoms with van der Waals surface area (Å²) in [6, 6.07) is 59.2. The fourth-order valence-corrected chi connectivity index (χ4v) is 7.31. The third kappa shape index (κ3) is 4.03. The van der Waals surface area contributed by atoms with Gasteiger partial charge in [0.05, 0.1) is 12.6 Å². The summed E-state index contributed by atoms with van der Waals surface area (Å²) in [7, 11) is 2.32. The van der Waals surface area contributed by atoms with Gasteiger partial charge in [0.2, 0.25) is 0 Å². The van der Waals surface area contributed by atoms with Gasteiger partial charge in [-0.05, 0) is 59.7 Å². The van der Waals surface area contributed by atoms with Crippen LogP contribution in [0.25, 0.3) is 65.9 Å². The predicted octanol–water partition coefficient (Wildman–Crippen LogP) is 11.9. The van der Waals surface area contributed by atoms with Gasteiger partial charge in [0.25, 0.3) is 0 Å². The number of fused-ring (bicyclic) bond motifs is 6. The topological polar surface area (TPSA) is 31.6 Å². The van der Waals surface area contributed by atoms with Crippen molar-refractivity contribution in [3.63, 3.8) is 0 Å². The second kappa shape index (κ2) is 10.3. The summed E-state index contributed by atoms with van der Waals surface area (Å²) in [6.07, 6.45) is 0. The number of aromatic nitrogens is 2. The number of hydrogen-bond donors (Lipinski definition) is 2. The number of nitrogens with one attached hydrogen (secondary N) is 2. The lowest BCUT2D eigenvalue weighted by Crippen LogP contribution is -2.34. The molecule has 0 unspecified atom stereocenters. The number of benzene rings is 7. The average Bonchev–Trinajstić information content (AvgIpc) is 3.68. The number of quaternary nitrogens is 1. The van der Waals surface area contributed by atoms with Crippen molar-refractivity contribution >= 4 is 60.7 Å². The normalized spacial score (nSPS) is 12.0. The van der Waals surface area contributed by atoms with Crippen LogP contribution in [0.4, 0.5) is 17.1 Å². The molecular weight excluding hydrogens is 558 g/mol. The van der Waals surface area contributed by atoms with Crippen molar-refractivity contribution in [3.05, 3.63) is 164 Å². The molecule has 2 heterocycles. The van der Waals surface area contributed by atoms with Crippen LogP contribution in [-0.4, -0.2) is 17.0 Å². The van der Waals surface area contributed by atoms with Gasteiger partial charge in [-0.3, -0.25) is 0 Å². The van der Waals surface area contributed by atoms with Gasteiger partial charge >= 0.3 is 0 Å². The van der Waals surface area contributed by atoms with Crippen LogP contribution in [0.15, 0.2) is 164 Å². The first kappa shape index (κ1) is 26.5. The fourth-order valence-electron chi connectivity index (χ4n) is 7.31. The zero-order valence-corrected chi connectivity index (χ0v) is 25.5. The van der Waals surface area contributed by atoms with E-state index in [1.807, 2.05) is 0 Å². The third-order valence-electron chi connectivity index (χ3n) is 9.68. The molecule has 0 bridgehead atoms. The van der Waals surface area contributed by atoms with E-state index in [1.165, 1.54) is 60.9 Å². The van der Waals surface area contributed by atoms with Crippen molar-refractivity contribution in [2.24, 2.45) is 0 Å². The summed E-state index contributed by atoms with van der Waals surface area (Å²) >= 11 is 0. The van der Waals surface area contributed by atoms with Gasteiger partial charge in [0, 0.05) is 55.3 Å². The molecule has 9 rings (SSSR count). The van der Waals surface area contributed by atoms with Crippen LogP contribution in [-0.2, 0) is 0 Å². The fraction of sp³-hybridized carbons (Fsp3) is 0.0233. The second-order valence-electron chi connectivity index (χ2n) is 12.2. The van der Waals surface area contributed by atoms with Gasteiger partial charge in [-0.25, -0.2) is 4.48 Å². The molecule has 0 amide bonds. The molecule has 0 atom stereocenters. The maximum absolute atomic E-state index is 3.88. The van der Waals surface area contributed by atoms with Crippen molar-refractivity contribution in [1.82, 2.24) is 14.5 Å². The molecule has 2 N–H and O–H groups in total. The van der Waals surface area contributed by atoms with Crippen LogP contribution in [0, 0.1) is 0 Å². The Morgan fingerprint density at radius 1 is 0.391 bits per heavy atom. The van der Waals surface area contributed by atoms with E-state index in [1.54, 1.807) is 0 Å².